The van der Waals surface area contributed by atoms with Crippen molar-refractivity contribution in [3.8, 4) is 0 Å². The predicted octanol–water partition coefficient (Wildman–Crippen LogP) is 7.64. The van der Waals surface area contributed by atoms with Crippen LogP contribution in [0.5, 0.6) is 0 Å². The Hall–Kier alpha value is -1.08. The standard InChI is InChI=1S/C28H44O/c1-19(2)20(3)9-10-22(5)26-15-16-27-23(8-7-17-28(26,27)6)12-13-24-18-25(29)14-11-21(24)4/h8-10,12-13,19-20,22,25-27,29H,7,11,14-18H2,1-6H3/b10-9+,13-12+/t20-,22+,25?,26+,27-,28+/m0/s1. The molecule has 0 saturated heterocycles. The Morgan fingerprint density at radius 1 is 1.07 bits per heavy atom. The highest BCUT2D eigenvalue weighted by Gasteiger charge is 2.49. The van der Waals surface area contributed by atoms with Gasteiger partial charge in [0.2, 0.25) is 0 Å². The van der Waals surface area contributed by atoms with Crippen LogP contribution in [0.1, 0.15) is 86.5 Å². The Kier molecular flexibility index (Phi) is 7.31. The fourth-order valence-electron chi connectivity index (χ4n) is 6.10. The monoisotopic (exact) mass is 396 g/mol. The molecule has 0 amide bonds. The number of allylic oxidation sites excluding steroid dienone is 7. The molecule has 3 rings (SSSR count). The van der Waals surface area contributed by atoms with Crippen molar-refractivity contribution in [3.05, 3.63) is 47.1 Å². The molecule has 0 aromatic rings. The van der Waals surface area contributed by atoms with Gasteiger partial charge in [0, 0.05) is 0 Å². The molecule has 0 spiro atoms. The van der Waals surface area contributed by atoms with Gasteiger partial charge in [0.25, 0.3) is 0 Å². The van der Waals surface area contributed by atoms with Crippen LogP contribution >= 0.6 is 0 Å². The van der Waals surface area contributed by atoms with Gasteiger partial charge in [-0.25, -0.2) is 0 Å². The summed E-state index contributed by atoms with van der Waals surface area (Å²) in [6.07, 6.45) is 20.1. The summed E-state index contributed by atoms with van der Waals surface area (Å²) >= 11 is 0. The van der Waals surface area contributed by atoms with Crippen molar-refractivity contribution >= 4 is 0 Å². The molecule has 0 aromatic carbocycles. The number of aliphatic hydroxyl groups excluding tert-OH is 1. The van der Waals surface area contributed by atoms with Crippen molar-refractivity contribution in [1.82, 2.24) is 0 Å². The minimum Gasteiger partial charge on any atom is -0.393 e. The van der Waals surface area contributed by atoms with Gasteiger partial charge in [0.05, 0.1) is 6.10 Å². The van der Waals surface area contributed by atoms with Gasteiger partial charge in [-0.15, -0.1) is 0 Å². The number of aliphatic hydroxyl groups is 1. The minimum absolute atomic E-state index is 0.152. The van der Waals surface area contributed by atoms with E-state index in [2.05, 4.69) is 71.9 Å². The maximum atomic E-state index is 10.1. The second-order valence-electron chi connectivity index (χ2n) is 10.9. The lowest BCUT2D eigenvalue weighted by molar-refractivity contribution is 0.129. The zero-order chi connectivity index (χ0) is 21.2. The van der Waals surface area contributed by atoms with Crippen LogP contribution in [0.15, 0.2) is 47.1 Å². The molecule has 0 bridgehead atoms. The fourth-order valence-corrected chi connectivity index (χ4v) is 6.10. The molecule has 3 aliphatic rings. The van der Waals surface area contributed by atoms with Crippen molar-refractivity contribution in [2.24, 2.45) is 35.0 Å². The fraction of sp³-hybridized carbons (Fsp3) is 0.714. The Morgan fingerprint density at radius 2 is 1.83 bits per heavy atom. The zero-order valence-electron chi connectivity index (χ0n) is 19.7. The Balaban J connectivity index is 1.73. The Labute approximate surface area is 180 Å². The Bertz CT molecular complexity index is 691. The molecule has 6 atom stereocenters. The van der Waals surface area contributed by atoms with Crippen LogP contribution in [-0.2, 0) is 0 Å². The largest absolute Gasteiger partial charge is 0.393 e. The van der Waals surface area contributed by atoms with Gasteiger partial charge in [0.15, 0.2) is 0 Å². The molecule has 3 aliphatic carbocycles. The topological polar surface area (TPSA) is 20.2 Å². The molecule has 1 saturated carbocycles. The quantitative estimate of drug-likeness (QED) is 0.457. The lowest BCUT2D eigenvalue weighted by atomic mass is 9.62. The lowest BCUT2D eigenvalue weighted by Crippen LogP contribution is -2.34. The summed E-state index contributed by atoms with van der Waals surface area (Å²) in [4.78, 5) is 0. The first-order valence-corrected chi connectivity index (χ1v) is 12.2. The Morgan fingerprint density at radius 3 is 2.55 bits per heavy atom. The van der Waals surface area contributed by atoms with Crippen molar-refractivity contribution in [1.29, 1.82) is 0 Å². The third-order valence-corrected chi connectivity index (χ3v) is 8.61. The third-order valence-electron chi connectivity index (χ3n) is 8.61. The van der Waals surface area contributed by atoms with E-state index < -0.39 is 0 Å². The highest BCUT2D eigenvalue weighted by Crippen LogP contribution is 2.58. The minimum atomic E-state index is -0.152. The molecule has 0 aliphatic heterocycles. The van der Waals surface area contributed by atoms with E-state index in [1.807, 2.05) is 0 Å². The van der Waals surface area contributed by atoms with E-state index in [1.54, 1.807) is 5.57 Å². The van der Waals surface area contributed by atoms with Crippen molar-refractivity contribution < 1.29 is 5.11 Å². The highest BCUT2D eigenvalue weighted by atomic mass is 16.3. The lowest BCUT2D eigenvalue weighted by Gasteiger charge is -2.42. The van der Waals surface area contributed by atoms with Crippen LogP contribution in [0, 0.1) is 35.0 Å². The summed E-state index contributed by atoms with van der Waals surface area (Å²) in [5, 5.41) is 10.1. The molecule has 1 heteroatoms. The van der Waals surface area contributed by atoms with Gasteiger partial charge in [-0.1, -0.05) is 70.6 Å². The van der Waals surface area contributed by atoms with Gasteiger partial charge < -0.3 is 5.11 Å². The van der Waals surface area contributed by atoms with E-state index >= 15 is 0 Å². The first-order valence-electron chi connectivity index (χ1n) is 12.2. The predicted molar refractivity (Wildman–Crippen MR) is 126 cm³/mol. The zero-order valence-corrected chi connectivity index (χ0v) is 19.7. The van der Waals surface area contributed by atoms with E-state index in [0.717, 1.165) is 31.1 Å². The van der Waals surface area contributed by atoms with Crippen molar-refractivity contribution in [2.75, 3.05) is 0 Å². The maximum absolute atomic E-state index is 10.1. The molecule has 162 valence electrons. The SMILES string of the molecule is CC1=C(/C=C/C2=CCC[C@]3(C)[C@@H]([C@H](C)/C=C/[C@H](C)C(C)C)CC[C@@H]23)CC(O)CC1. The maximum Gasteiger partial charge on any atom is 0.0583 e. The van der Waals surface area contributed by atoms with Gasteiger partial charge in [-0.2, -0.15) is 0 Å². The molecular formula is C28H44O. The molecule has 0 aromatic heterocycles. The average molecular weight is 397 g/mol. The second kappa shape index (κ2) is 9.38. The summed E-state index contributed by atoms with van der Waals surface area (Å²) < 4.78 is 0. The van der Waals surface area contributed by atoms with Crippen molar-refractivity contribution in [3.63, 3.8) is 0 Å². The number of hydrogen-bond acceptors (Lipinski definition) is 1. The van der Waals surface area contributed by atoms with Gasteiger partial charge in [0.1, 0.15) is 0 Å². The van der Waals surface area contributed by atoms with Crippen LogP contribution < -0.4 is 0 Å². The molecule has 1 unspecified atom stereocenters. The first kappa shape index (κ1) is 22.6. The molecule has 1 N–H and O–H groups in total. The van der Waals surface area contributed by atoms with E-state index in [-0.39, 0.29) is 6.10 Å². The summed E-state index contributed by atoms with van der Waals surface area (Å²) in [6, 6.07) is 0. The van der Waals surface area contributed by atoms with Crippen LogP contribution in [0.4, 0.5) is 0 Å². The number of rotatable bonds is 6. The van der Waals surface area contributed by atoms with E-state index in [1.165, 1.54) is 36.8 Å². The molecule has 29 heavy (non-hydrogen) atoms. The summed E-state index contributed by atoms with van der Waals surface area (Å²) in [6.45, 7) is 14.2. The van der Waals surface area contributed by atoms with Crippen LogP contribution in [0.25, 0.3) is 0 Å². The molecule has 0 radical (unpaired) electrons. The van der Waals surface area contributed by atoms with Crippen LogP contribution in [0.2, 0.25) is 0 Å². The normalized spacial score (nSPS) is 35.4. The summed E-state index contributed by atoms with van der Waals surface area (Å²) in [5.74, 6) is 3.53. The second-order valence-corrected chi connectivity index (χ2v) is 10.9. The van der Waals surface area contributed by atoms with Gasteiger partial charge in [-0.3, -0.25) is 0 Å². The summed E-state index contributed by atoms with van der Waals surface area (Å²) in [5.41, 5.74) is 4.82. The third kappa shape index (κ3) is 4.98. The number of hydrogen-bond donors (Lipinski definition) is 1. The van der Waals surface area contributed by atoms with E-state index in [9.17, 15) is 5.11 Å². The van der Waals surface area contributed by atoms with E-state index in [4.69, 9.17) is 0 Å². The highest BCUT2D eigenvalue weighted by molar-refractivity contribution is 5.36. The smallest absolute Gasteiger partial charge is 0.0583 e. The summed E-state index contributed by atoms with van der Waals surface area (Å²) in [7, 11) is 0. The molecule has 1 nitrogen and oxygen atoms in total. The first-order chi connectivity index (χ1) is 13.7. The van der Waals surface area contributed by atoms with Gasteiger partial charge in [-0.05, 0) is 98.0 Å². The van der Waals surface area contributed by atoms with Crippen molar-refractivity contribution in [2.45, 2.75) is 92.6 Å². The number of fused-ring (bicyclic) bond motifs is 1. The van der Waals surface area contributed by atoms with Crippen LogP contribution in [-0.4, -0.2) is 11.2 Å². The molecular weight excluding hydrogens is 352 g/mol. The molecule has 1 fully saturated rings. The molecule has 0 heterocycles. The average Bonchev–Trinajstić information content (AvgIpc) is 3.04. The van der Waals surface area contributed by atoms with Gasteiger partial charge >= 0.3 is 0 Å². The van der Waals surface area contributed by atoms with E-state index in [0.29, 0.717) is 23.2 Å². The van der Waals surface area contributed by atoms with Crippen LogP contribution in [0.3, 0.4) is 0 Å².